The molecule has 0 heterocycles. The van der Waals surface area contributed by atoms with Crippen molar-refractivity contribution < 1.29 is 63.5 Å². The van der Waals surface area contributed by atoms with Gasteiger partial charge in [0.2, 0.25) is 5.78 Å². The topological polar surface area (TPSA) is 228 Å². The van der Waals surface area contributed by atoms with E-state index in [2.05, 4.69) is 9.26 Å². The summed E-state index contributed by atoms with van der Waals surface area (Å²) in [6, 6.07) is 0. The molecule has 0 aliphatic heterocycles. The van der Waals surface area contributed by atoms with Gasteiger partial charge in [-0.05, 0) is 0 Å². The van der Waals surface area contributed by atoms with Crippen molar-refractivity contribution in [3.63, 3.8) is 0 Å². The molecule has 0 aliphatic carbocycles. The highest BCUT2D eigenvalue weighted by atomic mass is 31.2. The maximum atomic E-state index is 11.2. The Hall–Kier alpha value is -1.44. The van der Waals surface area contributed by atoms with Crippen LogP contribution in [0.15, 0.2) is 0 Å². The van der Waals surface area contributed by atoms with E-state index in [0.29, 0.717) is 0 Å². The summed E-state index contributed by atoms with van der Waals surface area (Å²) >= 11 is 0. The van der Waals surface area contributed by atoms with Gasteiger partial charge in [-0.25, -0.2) is 9.36 Å². The molecule has 0 saturated heterocycles. The van der Waals surface area contributed by atoms with Gasteiger partial charge in [-0.2, -0.15) is 0 Å². The Morgan fingerprint density at radius 1 is 1.00 bits per heavy atom. The number of hydrogen-bond acceptors (Lipinski definition) is 10. The number of carbonyl (C=O) groups is 3. The molecule has 13 nitrogen and oxygen atoms in total. The minimum atomic E-state index is -5.31. The maximum Gasteiger partial charge on any atom is 0.469 e. The van der Waals surface area contributed by atoms with Crippen LogP contribution in [-0.4, -0.2) is 90.2 Å². The van der Waals surface area contributed by atoms with E-state index in [0.717, 1.165) is 6.92 Å². The van der Waals surface area contributed by atoms with Gasteiger partial charge in [-0.3, -0.25) is 14.1 Å². The van der Waals surface area contributed by atoms with Crippen molar-refractivity contribution in [2.75, 3.05) is 6.61 Å². The highest BCUT2D eigenvalue weighted by Crippen LogP contribution is 2.39. The molecular formula is C11H19O13P. The van der Waals surface area contributed by atoms with Crippen LogP contribution in [0.3, 0.4) is 0 Å². The third-order valence-electron chi connectivity index (χ3n) is 2.83. The summed E-state index contributed by atoms with van der Waals surface area (Å²) in [5, 5.41) is 47.2. The van der Waals surface area contributed by atoms with Crippen LogP contribution in [0.2, 0.25) is 0 Å². The standard InChI is InChI=1S/C11H19O13P/c1-4(12)23-3-6(14)8(15)10(17)9(16)7(24-25(20,21)22)2-5(13)11(18)19/h6-10,14-17H,2-3H2,1H3,(H,18,19)(H2,20,21,22)/t6-,7+,8-,9-,10+/m1/s1. The van der Waals surface area contributed by atoms with Gasteiger partial charge < -0.3 is 40.1 Å². The van der Waals surface area contributed by atoms with Crippen molar-refractivity contribution in [3.8, 4) is 0 Å². The van der Waals surface area contributed by atoms with E-state index in [9.17, 15) is 39.4 Å². The highest BCUT2D eigenvalue weighted by Gasteiger charge is 2.40. The Kier molecular flexibility index (Phi) is 9.32. The molecule has 0 rings (SSSR count). The number of rotatable bonds is 11. The van der Waals surface area contributed by atoms with E-state index >= 15 is 0 Å². The Labute approximate surface area is 140 Å². The van der Waals surface area contributed by atoms with Crippen LogP contribution in [0.25, 0.3) is 0 Å². The van der Waals surface area contributed by atoms with Crippen LogP contribution in [0.1, 0.15) is 13.3 Å². The zero-order valence-corrected chi connectivity index (χ0v) is 13.7. The highest BCUT2D eigenvalue weighted by molar-refractivity contribution is 7.46. The average molecular weight is 390 g/mol. The molecule has 0 aromatic rings. The molecule has 0 saturated carbocycles. The lowest BCUT2D eigenvalue weighted by molar-refractivity contribution is -0.160. The fourth-order valence-electron chi connectivity index (χ4n) is 1.62. The largest absolute Gasteiger partial charge is 0.475 e. The van der Waals surface area contributed by atoms with Gasteiger partial charge in [0.15, 0.2) is 0 Å². The first kappa shape index (κ1) is 23.6. The third kappa shape index (κ3) is 9.00. The first-order chi connectivity index (χ1) is 11.3. The summed E-state index contributed by atoms with van der Waals surface area (Å²) in [5.74, 6) is -4.41. The van der Waals surface area contributed by atoms with E-state index in [1.54, 1.807) is 0 Å². The number of Topliss-reactive ketones (excluding diaryl/α,β-unsaturated/α-hetero) is 1. The Morgan fingerprint density at radius 3 is 1.92 bits per heavy atom. The fraction of sp³-hybridized carbons (Fsp3) is 0.727. The number of ether oxygens (including phenoxy) is 1. The Balaban J connectivity index is 5.15. The number of aliphatic hydroxyl groups is 4. The van der Waals surface area contributed by atoms with E-state index in [4.69, 9.17) is 14.9 Å². The van der Waals surface area contributed by atoms with Crippen molar-refractivity contribution in [2.45, 2.75) is 43.9 Å². The van der Waals surface area contributed by atoms with E-state index in [1.807, 2.05) is 0 Å². The summed E-state index contributed by atoms with van der Waals surface area (Å²) in [6.07, 6.45) is -12.3. The third-order valence-corrected chi connectivity index (χ3v) is 3.38. The molecule has 0 amide bonds. The van der Waals surface area contributed by atoms with Crippen molar-refractivity contribution in [3.05, 3.63) is 0 Å². The predicted molar refractivity (Wildman–Crippen MR) is 74.8 cm³/mol. The zero-order valence-electron chi connectivity index (χ0n) is 12.8. The maximum absolute atomic E-state index is 11.2. The molecule has 0 aromatic carbocycles. The van der Waals surface area contributed by atoms with Crippen molar-refractivity contribution in [1.82, 2.24) is 0 Å². The average Bonchev–Trinajstić information content (AvgIpc) is 2.47. The predicted octanol–water partition coefficient (Wildman–Crippen LogP) is -3.49. The summed E-state index contributed by atoms with van der Waals surface area (Å²) in [5.41, 5.74) is 0. The molecular weight excluding hydrogens is 371 g/mol. The second-order valence-corrected chi connectivity index (χ2v) is 6.10. The number of phosphoric acid groups is 1. The van der Waals surface area contributed by atoms with E-state index in [1.165, 1.54) is 0 Å². The minimum absolute atomic E-state index is 0.779. The summed E-state index contributed by atoms with van der Waals surface area (Å²) < 4.78 is 19.3. The number of aliphatic carboxylic acids is 1. The van der Waals surface area contributed by atoms with Crippen molar-refractivity contribution >= 4 is 25.5 Å². The zero-order chi connectivity index (χ0) is 19.9. The molecule has 0 spiro atoms. The molecule has 0 aliphatic rings. The normalized spacial score (nSPS) is 17.9. The van der Waals surface area contributed by atoms with Gasteiger partial charge in [0.1, 0.15) is 37.1 Å². The van der Waals surface area contributed by atoms with Gasteiger partial charge in [-0.1, -0.05) is 0 Å². The molecule has 146 valence electrons. The minimum Gasteiger partial charge on any atom is -0.475 e. The molecule has 0 radical (unpaired) electrons. The first-order valence-corrected chi connectivity index (χ1v) is 8.15. The quantitative estimate of drug-likeness (QED) is 0.103. The Bertz CT molecular complexity index is 528. The number of carboxylic acid groups (broad SMARTS) is 1. The van der Waals surface area contributed by atoms with E-state index in [-0.39, 0.29) is 0 Å². The smallest absolute Gasteiger partial charge is 0.469 e. The van der Waals surface area contributed by atoms with Gasteiger partial charge >= 0.3 is 19.8 Å². The molecule has 0 fully saturated rings. The monoisotopic (exact) mass is 390 g/mol. The molecule has 7 N–H and O–H groups in total. The lowest BCUT2D eigenvalue weighted by Gasteiger charge is -2.30. The van der Waals surface area contributed by atoms with Crippen LogP contribution in [0, 0.1) is 0 Å². The lowest BCUT2D eigenvalue weighted by atomic mass is 9.97. The van der Waals surface area contributed by atoms with Gasteiger partial charge in [0.25, 0.3) is 0 Å². The number of hydrogen-bond donors (Lipinski definition) is 7. The Morgan fingerprint density at radius 2 is 1.52 bits per heavy atom. The number of carboxylic acids is 1. The summed E-state index contributed by atoms with van der Waals surface area (Å²) in [6.45, 7) is 0.212. The molecule has 0 bridgehead atoms. The number of carbonyl (C=O) groups excluding carboxylic acids is 2. The van der Waals surface area contributed by atoms with Crippen LogP contribution in [0.4, 0.5) is 0 Å². The first-order valence-electron chi connectivity index (χ1n) is 6.62. The number of esters is 1. The second-order valence-electron chi connectivity index (χ2n) is 4.91. The van der Waals surface area contributed by atoms with Crippen molar-refractivity contribution in [1.29, 1.82) is 0 Å². The molecule has 25 heavy (non-hydrogen) atoms. The summed E-state index contributed by atoms with van der Waals surface area (Å²) in [7, 11) is -5.31. The number of aliphatic hydroxyl groups excluding tert-OH is 4. The van der Waals surface area contributed by atoms with Crippen LogP contribution < -0.4 is 0 Å². The van der Waals surface area contributed by atoms with Crippen LogP contribution in [-0.2, 0) is 28.2 Å². The molecule has 5 atom stereocenters. The molecule has 14 heteroatoms. The van der Waals surface area contributed by atoms with Crippen LogP contribution >= 0.6 is 7.82 Å². The number of ketones is 1. The van der Waals surface area contributed by atoms with Crippen LogP contribution in [0.5, 0.6) is 0 Å². The fourth-order valence-corrected chi connectivity index (χ4v) is 2.17. The number of phosphoric ester groups is 1. The molecule has 0 unspecified atom stereocenters. The molecule has 0 aromatic heterocycles. The summed E-state index contributed by atoms with van der Waals surface area (Å²) in [4.78, 5) is 49.7. The van der Waals surface area contributed by atoms with Gasteiger partial charge in [0, 0.05) is 13.3 Å². The second kappa shape index (κ2) is 9.89. The lowest BCUT2D eigenvalue weighted by Crippen LogP contribution is -2.51. The van der Waals surface area contributed by atoms with Gasteiger partial charge in [-0.15, -0.1) is 0 Å². The SMILES string of the molecule is CC(=O)OC[C@@H](O)[C@@H](O)[C@H](O)[C@H](O)[C@H](CC(=O)C(=O)O)OP(=O)(O)O. The van der Waals surface area contributed by atoms with Gasteiger partial charge in [0.05, 0.1) is 0 Å². The van der Waals surface area contributed by atoms with Crippen molar-refractivity contribution in [2.24, 2.45) is 0 Å². The van der Waals surface area contributed by atoms with E-state index < -0.39 is 69.1 Å².